The molecule has 96 valence electrons. The minimum absolute atomic E-state index is 0.0527. The summed E-state index contributed by atoms with van der Waals surface area (Å²) in [5.41, 5.74) is 5.21. The second-order valence-corrected chi connectivity index (χ2v) is 5.51. The van der Waals surface area contributed by atoms with Crippen molar-refractivity contribution in [2.45, 2.75) is 30.2 Å². The minimum Gasteiger partial charge on any atom is -0.394 e. The molecule has 0 radical (unpaired) electrons. The molecule has 3 N–H and O–H groups in total. The van der Waals surface area contributed by atoms with Gasteiger partial charge in [-0.3, -0.25) is 0 Å². The van der Waals surface area contributed by atoms with Gasteiger partial charge in [0, 0.05) is 10.4 Å². The Bertz CT molecular complexity index is 372. The Morgan fingerprint density at radius 2 is 2.06 bits per heavy atom. The monoisotopic (exact) mass is 261 g/mol. The zero-order valence-electron chi connectivity index (χ0n) is 9.75. The van der Waals surface area contributed by atoms with Gasteiger partial charge in [-0.1, -0.05) is 0 Å². The molecule has 0 saturated heterocycles. The van der Waals surface area contributed by atoms with Gasteiger partial charge in [0.25, 0.3) is 0 Å². The average Bonchev–Trinajstić information content (AvgIpc) is 2.29. The highest BCUT2D eigenvalue weighted by Gasteiger charge is 2.15. The van der Waals surface area contributed by atoms with E-state index in [2.05, 4.69) is 0 Å². The number of nitrogens with two attached hydrogens (primary N) is 1. The lowest BCUT2D eigenvalue weighted by molar-refractivity contribution is 0.200. The largest absolute Gasteiger partial charge is 0.394 e. The lowest BCUT2D eigenvalue weighted by Crippen LogP contribution is -2.40. The highest BCUT2D eigenvalue weighted by molar-refractivity contribution is 7.99. The van der Waals surface area contributed by atoms with Crippen LogP contribution >= 0.6 is 11.8 Å². The van der Waals surface area contributed by atoms with E-state index in [1.807, 2.05) is 0 Å². The molecular weight excluding hydrogens is 244 g/mol. The molecule has 0 heterocycles. The molecule has 2 nitrogen and oxygen atoms in total. The van der Waals surface area contributed by atoms with Crippen LogP contribution < -0.4 is 5.73 Å². The van der Waals surface area contributed by atoms with E-state index >= 15 is 0 Å². The average molecular weight is 261 g/mol. The molecule has 0 aliphatic rings. The molecule has 1 rings (SSSR count). The maximum absolute atomic E-state index is 12.9. The van der Waals surface area contributed by atoms with Crippen LogP contribution in [0.1, 0.15) is 19.8 Å². The topological polar surface area (TPSA) is 46.2 Å². The van der Waals surface area contributed by atoms with Crippen molar-refractivity contribution in [2.75, 3.05) is 12.4 Å². The van der Waals surface area contributed by atoms with Crippen LogP contribution in [0, 0.1) is 11.6 Å². The van der Waals surface area contributed by atoms with Crippen molar-refractivity contribution in [2.24, 2.45) is 5.73 Å². The third-order valence-corrected chi connectivity index (χ3v) is 3.49. The van der Waals surface area contributed by atoms with Gasteiger partial charge in [-0.05, 0) is 43.7 Å². The van der Waals surface area contributed by atoms with Gasteiger partial charge in [0.15, 0.2) is 11.6 Å². The lowest BCUT2D eigenvalue weighted by Gasteiger charge is -2.21. The van der Waals surface area contributed by atoms with Crippen molar-refractivity contribution >= 4 is 11.8 Å². The van der Waals surface area contributed by atoms with Gasteiger partial charge in [-0.15, -0.1) is 11.8 Å². The Labute approximate surface area is 104 Å². The first-order chi connectivity index (χ1) is 7.94. The first-order valence-electron chi connectivity index (χ1n) is 5.42. The fourth-order valence-corrected chi connectivity index (χ4v) is 2.19. The number of benzene rings is 1. The Hall–Kier alpha value is -0.650. The standard InChI is InChI=1S/C12H17F2NOS/c1-12(15,8-16)5-2-6-17-9-3-4-10(13)11(14)7-9/h3-4,7,16H,2,5-6,8,15H2,1H3. The molecule has 0 saturated carbocycles. The summed E-state index contributed by atoms with van der Waals surface area (Å²) in [5.74, 6) is -0.893. The van der Waals surface area contributed by atoms with Gasteiger partial charge in [-0.2, -0.15) is 0 Å². The Morgan fingerprint density at radius 3 is 2.65 bits per heavy atom. The zero-order valence-corrected chi connectivity index (χ0v) is 10.6. The fourth-order valence-electron chi connectivity index (χ4n) is 1.31. The molecule has 0 aliphatic carbocycles. The Morgan fingerprint density at radius 1 is 1.35 bits per heavy atom. The van der Waals surface area contributed by atoms with Crippen molar-refractivity contribution in [1.29, 1.82) is 0 Å². The van der Waals surface area contributed by atoms with Crippen LogP contribution in [-0.2, 0) is 0 Å². The van der Waals surface area contributed by atoms with Gasteiger partial charge in [0.2, 0.25) is 0 Å². The molecule has 5 heteroatoms. The predicted octanol–water partition coefficient (Wildman–Crippen LogP) is 2.55. The van der Waals surface area contributed by atoms with E-state index in [0.29, 0.717) is 11.3 Å². The summed E-state index contributed by atoms with van der Waals surface area (Å²) in [7, 11) is 0. The molecule has 0 spiro atoms. The SMILES string of the molecule is CC(N)(CO)CCCSc1ccc(F)c(F)c1. The van der Waals surface area contributed by atoms with Crippen LogP contribution in [0.2, 0.25) is 0 Å². The molecule has 0 amide bonds. The van der Waals surface area contributed by atoms with Crippen molar-refractivity contribution in [3.8, 4) is 0 Å². The van der Waals surface area contributed by atoms with E-state index in [1.54, 1.807) is 13.0 Å². The molecule has 1 aromatic carbocycles. The summed E-state index contributed by atoms with van der Waals surface area (Å²) in [6.07, 6.45) is 1.51. The van der Waals surface area contributed by atoms with Gasteiger partial charge < -0.3 is 10.8 Å². The zero-order chi connectivity index (χ0) is 12.9. The normalized spacial score (nSPS) is 14.6. The fraction of sp³-hybridized carbons (Fsp3) is 0.500. The van der Waals surface area contributed by atoms with E-state index in [0.717, 1.165) is 18.2 Å². The van der Waals surface area contributed by atoms with Crippen molar-refractivity contribution in [3.63, 3.8) is 0 Å². The van der Waals surface area contributed by atoms with Crippen LogP contribution in [-0.4, -0.2) is 23.0 Å². The second kappa shape index (κ2) is 6.33. The third-order valence-electron chi connectivity index (χ3n) is 2.41. The first-order valence-corrected chi connectivity index (χ1v) is 6.41. The highest BCUT2D eigenvalue weighted by atomic mass is 32.2. The van der Waals surface area contributed by atoms with Gasteiger partial charge in [-0.25, -0.2) is 8.78 Å². The molecule has 1 aromatic rings. The lowest BCUT2D eigenvalue weighted by atomic mass is 9.99. The minimum atomic E-state index is -0.829. The maximum Gasteiger partial charge on any atom is 0.159 e. The van der Waals surface area contributed by atoms with E-state index in [4.69, 9.17) is 10.8 Å². The van der Waals surface area contributed by atoms with Crippen LogP contribution in [0.3, 0.4) is 0 Å². The number of thioether (sulfide) groups is 1. The highest BCUT2D eigenvalue weighted by Crippen LogP contribution is 2.22. The van der Waals surface area contributed by atoms with Crippen LogP contribution in [0.25, 0.3) is 0 Å². The van der Waals surface area contributed by atoms with Crippen molar-refractivity contribution < 1.29 is 13.9 Å². The summed E-state index contributed by atoms with van der Waals surface area (Å²) in [6, 6.07) is 3.86. The van der Waals surface area contributed by atoms with Crippen molar-refractivity contribution in [3.05, 3.63) is 29.8 Å². The van der Waals surface area contributed by atoms with Gasteiger partial charge in [0.05, 0.1) is 6.61 Å². The maximum atomic E-state index is 12.9. The number of rotatable bonds is 6. The molecular formula is C12H17F2NOS. The number of aliphatic hydroxyl groups excluding tert-OH is 1. The summed E-state index contributed by atoms with van der Waals surface area (Å²) in [6.45, 7) is 1.73. The molecule has 17 heavy (non-hydrogen) atoms. The molecule has 1 unspecified atom stereocenters. The van der Waals surface area contributed by atoms with E-state index in [1.165, 1.54) is 17.8 Å². The van der Waals surface area contributed by atoms with Crippen LogP contribution in [0.5, 0.6) is 0 Å². The van der Waals surface area contributed by atoms with Gasteiger partial charge in [0.1, 0.15) is 0 Å². The second-order valence-electron chi connectivity index (χ2n) is 4.34. The first kappa shape index (κ1) is 14.4. The summed E-state index contributed by atoms with van der Waals surface area (Å²) in [4.78, 5) is 0.701. The molecule has 0 aliphatic heterocycles. The summed E-state index contributed by atoms with van der Waals surface area (Å²) in [5, 5.41) is 8.95. The molecule has 1 atom stereocenters. The number of hydrogen-bond donors (Lipinski definition) is 2. The van der Waals surface area contributed by atoms with Gasteiger partial charge >= 0.3 is 0 Å². The van der Waals surface area contributed by atoms with Crippen molar-refractivity contribution in [1.82, 2.24) is 0 Å². The van der Waals surface area contributed by atoms with E-state index in [9.17, 15) is 8.78 Å². The molecule has 0 fully saturated rings. The number of hydrogen-bond acceptors (Lipinski definition) is 3. The third kappa shape index (κ3) is 5.02. The van der Waals surface area contributed by atoms with Crippen LogP contribution in [0.4, 0.5) is 8.78 Å². The smallest absolute Gasteiger partial charge is 0.159 e. The summed E-state index contributed by atoms with van der Waals surface area (Å²) >= 11 is 1.45. The van der Waals surface area contributed by atoms with E-state index < -0.39 is 17.2 Å². The number of aliphatic hydroxyl groups is 1. The molecule has 0 aromatic heterocycles. The van der Waals surface area contributed by atoms with E-state index in [-0.39, 0.29) is 6.61 Å². The Balaban J connectivity index is 2.34. The Kier molecular flexibility index (Phi) is 5.36. The predicted molar refractivity (Wildman–Crippen MR) is 66.0 cm³/mol. The molecule has 0 bridgehead atoms. The summed E-state index contributed by atoms with van der Waals surface area (Å²) < 4.78 is 25.6. The van der Waals surface area contributed by atoms with Crippen LogP contribution in [0.15, 0.2) is 23.1 Å². The quantitative estimate of drug-likeness (QED) is 0.611. The number of halogens is 2.